The Bertz CT molecular complexity index is 690. The Morgan fingerprint density at radius 1 is 1.28 bits per heavy atom. The van der Waals surface area contributed by atoms with Crippen molar-refractivity contribution < 1.29 is 4.74 Å². The average molecular weight is 344 g/mol. The molecule has 0 amide bonds. The Balaban J connectivity index is 1.32. The Kier molecular flexibility index (Phi) is 3.55. The van der Waals surface area contributed by atoms with Gasteiger partial charge in [-0.25, -0.2) is 4.99 Å². The summed E-state index contributed by atoms with van der Waals surface area (Å²) in [6.45, 7) is 3.45. The Labute approximate surface area is 148 Å². The highest BCUT2D eigenvalue weighted by molar-refractivity contribution is 5.81. The quantitative estimate of drug-likeness (QED) is 0.636. The van der Waals surface area contributed by atoms with E-state index in [0.717, 1.165) is 24.2 Å². The number of nitrogens with zero attached hydrogens (tertiary/aromatic N) is 4. The lowest BCUT2D eigenvalue weighted by atomic mass is 9.46. The molecule has 1 aromatic heterocycles. The van der Waals surface area contributed by atoms with Crippen molar-refractivity contribution in [2.75, 3.05) is 6.61 Å². The summed E-state index contributed by atoms with van der Waals surface area (Å²) in [4.78, 5) is 4.84. The van der Waals surface area contributed by atoms with E-state index in [9.17, 15) is 0 Å². The molecule has 0 aromatic carbocycles. The molecule has 5 rings (SSSR count). The first-order valence-electron chi connectivity index (χ1n) is 9.71. The van der Waals surface area contributed by atoms with Gasteiger partial charge in [-0.15, -0.1) is 10.2 Å². The summed E-state index contributed by atoms with van der Waals surface area (Å²) in [5.41, 5.74) is 0.370. The number of hydrogen-bond acceptors (Lipinski definition) is 4. The van der Waals surface area contributed by atoms with E-state index in [-0.39, 0.29) is 0 Å². The molecule has 3 aliphatic carbocycles. The predicted octanol–water partition coefficient (Wildman–Crippen LogP) is 1.28. The van der Waals surface area contributed by atoms with Gasteiger partial charge >= 0.3 is 0 Å². The first-order valence-corrected chi connectivity index (χ1v) is 9.71. The van der Waals surface area contributed by atoms with Crippen molar-refractivity contribution in [1.29, 1.82) is 0 Å². The van der Waals surface area contributed by atoms with Gasteiger partial charge in [0.1, 0.15) is 12.4 Å². The van der Waals surface area contributed by atoms with Crippen LogP contribution in [0, 0.1) is 18.3 Å². The molecule has 2 N–H and O–H groups in total. The van der Waals surface area contributed by atoms with Crippen molar-refractivity contribution in [1.82, 2.24) is 25.4 Å². The van der Waals surface area contributed by atoms with Gasteiger partial charge in [-0.2, -0.15) is 0 Å². The van der Waals surface area contributed by atoms with E-state index in [2.05, 4.69) is 20.8 Å². The number of fused-ring (bicyclic) bond motifs is 2. The Hall–Kier alpha value is -1.63. The lowest BCUT2D eigenvalue weighted by molar-refractivity contribution is -0.171. The van der Waals surface area contributed by atoms with E-state index in [4.69, 9.17) is 9.73 Å². The Morgan fingerprint density at radius 3 is 2.76 bits per heavy atom. The molecule has 1 spiro atoms. The lowest BCUT2D eigenvalue weighted by Crippen LogP contribution is -2.72. The van der Waals surface area contributed by atoms with Gasteiger partial charge in [0.2, 0.25) is 0 Å². The molecule has 136 valence electrons. The van der Waals surface area contributed by atoms with Gasteiger partial charge in [0.05, 0.1) is 6.10 Å². The molecule has 3 atom stereocenters. The molecule has 7 nitrogen and oxygen atoms in total. The molecule has 1 saturated heterocycles. The van der Waals surface area contributed by atoms with Crippen LogP contribution in [0.5, 0.6) is 0 Å². The van der Waals surface area contributed by atoms with Crippen LogP contribution < -0.4 is 10.6 Å². The van der Waals surface area contributed by atoms with Crippen LogP contribution in [0.4, 0.5) is 0 Å². The second-order valence-corrected chi connectivity index (χ2v) is 8.26. The van der Waals surface area contributed by atoms with Gasteiger partial charge in [-0.05, 0) is 39.0 Å². The van der Waals surface area contributed by atoms with Gasteiger partial charge in [0, 0.05) is 37.1 Å². The van der Waals surface area contributed by atoms with Crippen LogP contribution in [0.3, 0.4) is 0 Å². The molecule has 1 aliphatic heterocycles. The minimum absolute atomic E-state index is 0.370. The summed E-state index contributed by atoms with van der Waals surface area (Å²) < 4.78 is 8.05. The van der Waals surface area contributed by atoms with Gasteiger partial charge in [0.15, 0.2) is 11.8 Å². The molecular weight excluding hydrogens is 316 g/mol. The zero-order valence-electron chi connectivity index (χ0n) is 15.2. The first kappa shape index (κ1) is 15.6. The summed E-state index contributed by atoms with van der Waals surface area (Å²) in [6, 6.07) is 1.10. The molecule has 7 heteroatoms. The third-order valence-electron chi connectivity index (χ3n) is 6.81. The summed E-state index contributed by atoms with van der Waals surface area (Å²) in [7, 11) is 2.00. The zero-order chi connectivity index (χ0) is 17.0. The van der Waals surface area contributed by atoms with Gasteiger partial charge < -0.3 is 19.9 Å². The van der Waals surface area contributed by atoms with Crippen molar-refractivity contribution in [2.45, 2.75) is 70.2 Å². The monoisotopic (exact) mass is 344 g/mol. The number of aryl methyl sites for hydroxylation is 1. The van der Waals surface area contributed by atoms with Crippen LogP contribution in [-0.2, 0) is 18.3 Å². The van der Waals surface area contributed by atoms with Crippen molar-refractivity contribution >= 4 is 5.96 Å². The van der Waals surface area contributed by atoms with Crippen LogP contribution >= 0.6 is 0 Å². The molecule has 4 aliphatic rings. The standard InChI is InChI=1S/C18H28N6O/c1-11-22-23-14(24(11)2)10-19-17(20-12-4-5-12)21-15-13-6-9-25-16(13)18(15)7-3-8-18/h12-13,15-16H,3-10H2,1-2H3,(H2,19,20,21). The smallest absolute Gasteiger partial charge is 0.192 e. The van der Waals surface area contributed by atoms with Gasteiger partial charge in [-0.3, -0.25) is 0 Å². The van der Waals surface area contributed by atoms with E-state index in [0.29, 0.717) is 36.1 Å². The van der Waals surface area contributed by atoms with E-state index in [1.54, 1.807) is 0 Å². The van der Waals surface area contributed by atoms with Crippen molar-refractivity contribution in [3.63, 3.8) is 0 Å². The number of guanidine groups is 1. The molecule has 2 heterocycles. The summed E-state index contributed by atoms with van der Waals surface area (Å²) in [5, 5.41) is 15.7. The summed E-state index contributed by atoms with van der Waals surface area (Å²) in [6.07, 6.45) is 8.09. The maximum atomic E-state index is 6.04. The van der Waals surface area contributed by atoms with Crippen LogP contribution in [0.1, 0.15) is 50.2 Å². The number of aliphatic imine (C=N–C) groups is 1. The Morgan fingerprint density at radius 2 is 2.12 bits per heavy atom. The fourth-order valence-corrected chi connectivity index (χ4v) is 4.90. The topological polar surface area (TPSA) is 76.4 Å². The SMILES string of the molecule is Cc1nnc(CN=C(NC2CC2)NC2C3CCOC3C23CCC3)n1C. The highest BCUT2D eigenvalue weighted by Crippen LogP contribution is 2.62. The highest BCUT2D eigenvalue weighted by atomic mass is 16.5. The maximum absolute atomic E-state index is 6.04. The molecule has 0 bridgehead atoms. The summed E-state index contributed by atoms with van der Waals surface area (Å²) in [5.74, 6) is 3.44. The second kappa shape index (κ2) is 5.69. The molecule has 25 heavy (non-hydrogen) atoms. The molecular formula is C18H28N6O. The minimum atomic E-state index is 0.370. The van der Waals surface area contributed by atoms with Crippen LogP contribution in [0.2, 0.25) is 0 Å². The van der Waals surface area contributed by atoms with E-state index in [1.165, 1.54) is 38.5 Å². The van der Waals surface area contributed by atoms with E-state index in [1.807, 2.05) is 18.5 Å². The predicted molar refractivity (Wildman–Crippen MR) is 94.1 cm³/mol. The third kappa shape index (κ3) is 2.46. The lowest BCUT2D eigenvalue weighted by Gasteiger charge is -2.63. The molecule has 1 aromatic rings. The molecule has 3 saturated carbocycles. The van der Waals surface area contributed by atoms with E-state index >= 15 is 0 Å². The fraction of sp³-hybridized carbons (Fsp3) is 0.833. The number of aromatic nitrogens is 3. The largest absolute Gasteiger partial charge is 0.377 e. The molecule has 0 radical (unpaired) electrons. The van der Waals surface area contributed by atoms with Crippen LogP contribution in [0.15, 0.2) is 4.99 Å². The summed E-state index contributed by atoms with van der Waals surface area (Å²) >= 11 is 0. The minimum Gasteiger partial charge on any atom is -0.377 e. The highest BCUT2D eigenvalue weighted by Gasteiger charge is 2.66. The van der Waals surface area contributed by atoms with Crippen LogP contribution in [0.25, 0.3) is 0 Å². The number of nitrogens with one attached hydrogen (secondary N) is 2. The van der Waals surface area contributed by atoms with Gasteiger partial charge in [-0.1, -0.05) is 6.42 Å². The van der Waals surface area contributed by atoms with Crippen LogP contribution in [-0.4, -0.2) is 45.5 Å². The van der Waals surface area contributed by atoms with Gasteiger partial charge in [0.25, 0.3) is 0 Å². The van der Waals surface area contributed by atoms with Crippen molar-refractivity contribution in [2.24, 2.45) is 23.4 Å². The zero-order valence-corrected chi connectivity index (χ0v) is 15.2. The second-order valence-electron chi connectivity index (χ2n) is 8.26. The fourth-order valence-electron chi connectivity index (χ4n) is 4.90. The van der Waals surface area contributed by atoms with E-state index < -0.39 is 0 Å². The first-order chi connectivity index (χ1) is 12.2. The normalized spacial score (nSPS) is 32.9. The molecule has 4 fully saturated rings. The third-order valence-corrected chi connectivity index (χ3v) is 6.81. The molecule has 3 unspecified atom stereocenters. The number of hydrogen-bond donors (Lipinski definition) is 2. The average Bonchev–Trinajstić information content (AvgIpc) is 3.18. The van der Waals surface area contributed by atoms with Crippen molar-refractivity contribution in [3.8, 4) is 0 Å². The number of rotatable bonds is 4. The number of ether oxygens (including phenoxy) is 1. The maximum Gasteiger partial charge on any atom is 0.192 e. The van der Waals surface area contributed by atoms with Crippen molar-refractivity contribution in [3.05, 3.63) is 11.6 Å².